The van der Waals surface area contributed by atoms with Crippen molar-refractivity contribution in [2.24, 2.45) is 7.05 Å². The molecule has 1 N–H and O–H groups in total. The molecule has 2 aromatic carbocycles. The molecule has 0 aliphatic heterocycles. The highest BCUT2D eigenvalue weighted by Gasteiger charge is 2.24. The van der Waals surface area contributed by atoms with Crippen molar-refractivity contribution < 1.29 is 22.9 Å². The third kappa shape index (κ3) is 4.89. The fourth-order valence-corrected chi connectivity index (χ4v) is 3.70. The third-order valence-corrected chi connectivity index (χ3v) is 5.70. The monoisotopic (exact) mass is 444 g/mol. The molecule has 31 heavy (non-hydrogen) atoms. The van der Waals surface area contributed by atoms with Crippen molar-refractivity contribution in [3.8, 4) is 5.75 Å². The van der Waals surface area contributed by atoms with E-state index in [1.807, 2.05) is 0 Å². The Balaban J connectivity index is 2.06. The highest BCUT2D eigenvalue weighted by atomic mass is 32.2. The van der Waals surface area contributed by atoms with Crippen molar-refractivity contribution in [3.63, 3.8) is 0 Å². The molecule has 1 heterocycles. The number of benzene rings is 2. The zero-order valence-electron chi connectivity index (χ0n) is 17.0. The van der Waals surface area contributed by atoms with E-state index < -0.39 is 32.4 Å². The van der Waals surface area contributed by atoms with Gasteiger partial charge in [-0.25, -0.2) is 13.4 Å². The number of aromatic nitrogens is 2. The van der Waals surface area contributed by atoms with Gasteiger partial charge in [0.25, 0.3) is 11.6 Å². The summed E-state index contributed by atoms with van der Waals surface area (Å²) in [4.78, 5) is 27.5. The number of nitrogens with one attached hydrogen (secondary N) is 1. The van der Waals surface area contributed by atoms with Gasteiger partial charge < -0.3 is 14.6 Å². The van der Waals surface area contributed by atoms with Crippen LogP contribution in [0.3, 0.4) is 0 Å². The minimum Gasteiger partial charge on any atom is -0.497 e. The minimum absolute atomic E-state index is 0.156. The Hall–Kier alpha value is -3.73. The summed E-state index contributed by atoms with van der Waals surface area (Å²) >= 11 is 0. The standard InChI is InChI=1S/C20H20N4O6S/c1-23-8-7-21-19(23)18(13-5-4-6-16(10-13)30-2)22-20(25)14-9-15(24(26)27)12-17(11-14)31(3,28)29/h4-12,18H,1-3H3,(H,22,25). The largest absolute Gasteiger partial charge is 0.497 e. The van der Waals surface area contributed by atoms with Crippen LogP contribution in [-0.2, 0) is 16.9 Å². The number of methoxy groups -OCH3 is 1. The molecule has 0 aliphatic carbocycles. The molecule has 10 nitrogen and oxygen atoms in total. The second kappa shape index (κ2) is 8.56. The fraction of sp³-hybridized carbons (Fsp3) is 0.200. The maximum absolute atomic E-state index is 13.0. The number of carbonyl (C=O) groups excluding carboxylic acids is 1. The van der Waals surface area contributed by atoms with Crippen LogP contribution in [0.25, 0.3) is 0 Å². The molecule has 0 saturated heterocycles. The number of hydrogen-bond donors (Lipinski definition) is 1. The van der Waals surface area contributed by atoms with Gasteiger partial charge in [0.15, 0.2) is 9.84 Å². The first-order chi connectivity index (χ1) is 14.6. The average Bonchev–Trinajstić information content (AvgIpc) is 3.16. The van der Waals surface area contributed by atoms with E-state index in [0.29, 0.717) is 17.1 Å². The van der Waals surface area contributed by atoms with Crippen molar-refractivity contribution in [1.82, 2.24) is 14.9 Å². The number of amides is 1. The van der Waals surface area contributed by atoms with Crippen LogP contribution in [0.4, 0.5) is 5.69 Å². The van der Waals surface area contributed by atoms with Gasteiger partial charge in [0.05, 0.1) is 16.9 Å². The Labute approximate surface area is 178 Å². The zero-order valence-corrected chi connectivity index (χ0v) is 17.8. The number of imidazole rings is 1. The lowest BCUT2D eigenvalue weighted by Gasteiger charge is -2.20. The van der Waals surface area contributed by atoms with Gasteiger partial charge in [0.2, 0.25) is 0 Å². The van der Waals surface area contributed by atoms with Gasteiger partial charge in [0.1, 0.15) is 17.6 Å². The normalized spacial score (nSPS) is 12.2. The first-order valence-electron chi connectivity index (χ1n) is 9.01. The number of nitro benzene ring substituents is 1. The minimum atomic E-state index is -3.77. The molecular formula is C20H20N4O6S. The lowest BCUT2D eigenvalue weighted by Crippen LogP contribution is -2.31. The Bertz CT molecular complexity index is 1250. The summed E-state index contributed by atoms with van der Waals surface area (Å²) in [6, 6.07) is 9.36. The molecule has 0 aliphatic rings. The van der Waals surface area contributed by atoms with Crippen molar-refractivity contribution in [3.05, 3.63) is 81.9 Å². The number of nitrogens with zero attached hydrogens (tertiary/aromatic N) is 3. The predicted molar refractivity (Wildman–Crippen MR) is 112 cm³/mol. The van der Waals surface area contributed by atoms with Crippen LogP contribution in [-0.4, -0.2) is 42.2 Å². The molecular weight excluding hydrogens is 424 g/mol. The number of hydrogen-bond acceptors (Lipinski definition) is 7. The molecule has 1 unspecified atom stereocenters. The molecule has 0 saturated carbocycles. The molecule has 0 bridgehead atoms. The summed E-state index contributed by atoms with van der Waals surface area (Å²) in [6.45, 7) is 0. The third-order valence-electron chi connectivity index (χ3n) is 4.61. The first kappa shape index (κ1) is 22.0. The quantitative estimate of drug-likeness (QED) is 0.436. The summed E-state index contributed by atoms with van der Waals surface area (Å²) < 4.78 is 30.9. The van der Waals surface area contributed by atoms with E-state index in [-0.39, 0.29) is 10.5 Å². The zero-order chi connectivity index (χ0) is 22.8. The van der Waals surface area contributed by atoms with Gasteiger partial charge in [-0.05, 0) is 23.8 Å². The number of aryl methyl sites for hydroxylation is 1. The van der Waals surface area contributed by atoms with E-state index in [1.54, 1.807) is 48.3 Å². The summed E-state index contributed by atoms with van der Waals surface area (Å²) in [7, 11) is -0.494. The van der Waals surface area contributed by atoms with Crippen molar-refractivity contribution in [2.45, 2.75) is 10.9 Å². The van der Waals surface area contributed by atoms with Crippen molar-refractivity contribution >= 4 is 21.4 Å². The van der Waals surface area contributed by atoms with Crippen LogP contribution in [0, 0.1) is 10.1 Å². The topological polar surface area (TPSA) is 133 Å². The Morgan fingerprint density at radius 3 is 2.58 bits per heavy atom. The van der Waals surface area contributed by atoms with Gasteiger partial charge in [0, 0.05) is 43.4 Å². The number of ether oxygens (including phenoxy) is 1. The number of carbonyl (C=O) groups is 1. The second-order valence-corrected chi connectivity index (χ2v) is 8.84. The van der Waals surface area contributed by atoms with Gasteiger partial charge in [-0.2, -0.15) is 0 Å². The first-order valence-corrected chi connectivity index (χ1v) is 10.9. The summed E-state index contributed by atoms with van der Waals surface area (Å²) in [6.07, 6.45) is 4.20. The number of rotatable bonds is 7. The van der Waals surface area contributed by atoms with Gasteiger partial charge in [-0.3, -0.25) is 14.9 Å². The van der Waals surface area contributed by atoms with Crippen LogP contribution < -0.4 is 10.1 Å². The lowest BCUT2D eigenvalue weighted by atomic mass is 10.0. The fourth-order valence-electron chi connectivity index (χ4n) is 3.02. The number of nitro groups is 1. The van der Waals surface area contributed by atoms with Crippen LogP contribution in [0.5, 0.6) is 5.75 Å². The Kier molecular flexibility index (Phi) is 6.07. The molecule has 0 radical (unpaired) electrons. The van der Waals surface area contributed by atoms with Crippen molar-refractivity contribution in [2.75, 3.05) is 13.4 Å². The molecule has 0 fully saturated rings. The molecule has 3 aromatic rings. The van der Waals surface area contributed by atoms with Gasteiger partial charge in [-0.15, -0.1) is 0 Å². The second-order valence-electron chi connectivity index (χ2n) is 6.82. The molecule has 0 spiro atoms. The maximum atomic E-state index is 13.0. The molecule has 1 atom stereocenters. The summed E-state index contributed by atoms with van der Waals surface area (Å²) in [5, 5.41) is 14.0. The molecule has 1 amide bonds. The van der Waals surface area contributed by atoms with Crippen LogP contribution in [0.1, 0.15) is 27.8 Å². The summed E-state index contributed by atoms with van der Waals surface area (Å²) in [5.41, 5.74) is 0.00972. The lowest BCUT2D eigenvalue weighted by molar-refractivity contribution is -0.385. The van der Waals surface area contributed by atoms with E-state index in [4.69, 9.17) is 4.74 Å². The Morgan fingerprint density at radius 2 is 2.00 bits per heavy atom. The molecule has 11 heteroatoms. The van der Waals surface area contributed by atoms with Gasteiger partial charge >= 0.3 is 0 Å². The van der Waals surface area contributed by atoms with Crippen LogP contribution in [0.15, 0.2) is 59.8 Å². The van der Waals surface area contributed by atoms with Crippen LogP contribution in [0.2, 0.25) is 0 Å². The van der Waals surface area contributed by atoms with Crippen LogP contribution >= 0.6 is 0 Å². The molecule has 3 rings (SSSR count). The van der Waals surface area contributed by atoms with E-state index >= 15 is 0 Å². The van der Waals surface area contributed by atoms with Gasteiger partial charge in [-0.1, -0.05) is 12.1 Å². The number of sulfone groups is 1. The predicted octanol–water partition coefficient (Wildman–Crippen LogP) is 2.26. The summed E-state index contributed by atoms with van der Waals surface area (Å²) in [5.74, 6) is 0.389. The van der Waals surface area contributed by atoms with E-state index in [0.717, 1.165) is 24.5 Å². The highest BCUT2D eigenvalue weighted by Crippen LogP contribution is 2.26. The average molecular weight is 444 g/mol. The molecule has 162 valence electrons. The van der Waals surface area contributed by atoms with E-state index in [9.17, 15) is 23.3 Å². The molecule has 1 aromatic heterocycles. The maximum Gasteiger partial charge on any atom is 0.271 e. The van der Waals surface area contributed by atoms with E-state index in [2.05, 4.69) is 10.3 Å². The van der Waals surface area contributed by atoms with E-state index in [1.165, 1.54) is 7.11 Å². The smallest absolute Gasteiger partial charge is 0.271 e. The number of non-ortho nitro benzene ring substituents is 1. The van der Waals surface area contributed by atoms with Crippen molar-refractivity contribution in [1.29, 1.82) is 0 Å². The highest BCUT2D eigenvalue weighted by molar-refractivity contribution is 7.90. The SMILES string of the molecule is COc1cccc(C(NC(=O)c2cc([N+](=O)[O-])cc(S(C)(=O)=O)c2)c2nccn2C)c1. The Morgan fingerprint density at radius 1 is 1.26 bits per heavy atom.